The van der Waals surface area contributed by atoms with Crippen molar-refractivity contribution >= 4 is 22.7 Å². The summed E-state index contributed by atoms with van der Waals surface area (Å²) in [5.41, 5.74) is 0.815. The number of hydrogen-bond acceptors (Lipinski definition) is 5. The minimum absolute atomic E-state index is 0.0429. The van der Waals surface area contributed by atoms with Gasteiger partial charge in [0.05, 0.1) is 17.0 Å². The molecule has 0 amide bonds. The lowest BCUT2D eigenvalue weighted by Gasteiger charge is -2.14. The number of benzene rings is 1. The van der Waals surface area contributed by atoms with Gasteiger partial charge >= 0.3 is 0 Å². The lowest BCUT2D eigenvalue weighted by atomic mass is 10.2. The third-order valence-corrected chi connectivity index (χ3v) is 5.69. The molecular formula is C22H30N4O2S. The first-order valence-electron chi connectivity index (χ1n) is 10.4. The first kappa shape index (κ1) is 21.6. The van der Waals surface area contributed by atoms with E-state index in [-0.39, 0.29) is 11.7 Å². The van der Waals surface area contributed by atoms with Gasteiger partial charge in [-0.2, -0.15) is 5.10 Å². The van der Waals surface area contributed by atoms with Crippen LogP contribution in [-0.4, -0.2) is 37.8 Å². The SMILES string of the molecule is CC(C)OCCCn1c(SCCCCCn2cccn2)nc2ccccc2c1=O. The normalized spacial score (nSPS) is 11.6. The van der Waals surface area contributed by atoms with Gasteiger partial charge < -0.3 is 4.74 Å². The van der Waals surface area contributed by atoms with E-state index in [2.05, 4.69) is 5.10 Å². The van der Waals surface area contributed by atoms with Crippen LogP contribution < -0.4 is 5.56 Å². The number of rotatable bonds is 12. The van der Waals surface area contributed by atoms with Gasteiger partial charge in [-0.15, -0.1) is 0 Å². The maximum Gasteiger partial charge on any atom is 0.262 e. The Hall–Kier alpha value is -2.12. The molecule has 0 atom stereocenters. The van der Waals surface area contributed by atoms with E-state index in [9.17, 15) is 4.79 Å². The Morgan fingerprint density at radius 3 is 2.72 bits per heavy atom. The second kappa shape index (κ2) is 11.2. The number of fused-ring (bicyclic) bond motifs is 1. The molecule has 0 aliphatic carbocycles. The summed E-state index contributed by atoms with van der Waals surface area (Å²) in [6.45, 7) is 6.28. The van der Waals surface area contributed by atoms with Crippen molar-refractivity contribution in [1.82, 2.24) is 19.3 Å². The largest absolute Gasteiger partial charge is 0.379 e. The van der Waals surface area contributed by atoms with Crippen LogP contribution in [-0.2, 0) is 17.8 Å². The zero-order valence-corrected chi connectivity index (χ0v) is 18.1. The van der Waals surface area contributed by atoms with Crippen LogP contribution in [0.25, 0.3) is 10.9 Å². The van der Waals surface area contributed by atoms with Crippen molar-refractivity contribution in [2.45, 2.75) is 63.9 Å². The van der Waals surface area contributed by atoms with E-state index >= 15 is 0 Å². The number of para-hydroxylation sites is 1. The standard InChI is InChI=1S/C22H30N4O2S/c1-18(2)28-16-9-15-26-21(27)19-10-4-5-11-20(19)24-22(26)29-17-7-3-6-13-25-14-8-12-23-25/h4-5,8,10-12,14,18H,3,6-7,9,13,15-17H2,1-2H3. The van der Waals surface area contributed by atoms with Crippen molar-refractivity contribution in [2.75, 3.05) is 12.4 Å². The number of ether oxygens (including phenoxy) is 1. The van der Waals surface area contributed by atoms with E-state index in [1.54, 1.807) is 11.8 Å². The number of nitrogens with zero attached hydrogens (tertiary/aromatic N) is 4. The summed E-state index contributed by atoms with van der Waals surface area (Å²) >= 11 is 1.68. The van der Waals surface area contributed by atoms with E-state index in [1.807, 2.05) is 65.8 Å². The van der Waals surface area contributed by atoms with Crippen LogP contribution in [0.2, 0.25) is 0 Å². The highest BCUT2D eigenvalue weighted by Crippen LogP contribution is 2.20. The molecular weight excluding hydrogens is 384 g/mol. The summed E-state index contributed by atoms with van der Waals surface area (Å²) in [6.07, 6.45) is 8.14. The van der Waals surface area contributed by atoms with E-state index in [0.717, 1.165) is 48.7 Å². The van der Waals surface area contributed by atoms with Gasteiger partial charge in [-0.3, -0.25) is 14.0 Å². The van der Waals surface area contributed by atoms with Crippen LogP contribution in [0.1, 0.15) is 39.5 Å². The highest BCUT2D eigenvalue weighted by molar-refractivity contribution is 7.99. The molecule has 0 saturated carbocycles. The van der Waals surface area contributed by atoms with Crippen LogP contribution in [0.5, 0.6) is 0 Å². The molecule has 156 valence electrons. The summed E-state index contributed by atoms with van der Waals surface area (Å²) in [5, 5.41) is 5.72. The maximum absolute atomic E-state index is 13.0. The quantitative estimate of drug-likeness (QED) is 0.250. The van der Waals surface area contributed by atoms with Gasteiger partial charge in [-0.05, 0) is 51.3 Å². The minimum Gasteiger partial charge on any atom is -0.379 e. The van der Waals surface area contributed by atoms with Gasteiger partial charge in [0.2, 0.25) is 0 Å². The number of aryl methyl sites for hydroxylation is 1. The maximum atomic E-state index is 13.0. The van der Waals surface area contributed by atoms with Crippen molar-refractivity contribution in [2.24, 2.45) is 0 Å². The molecule has 1 aromatic carbocycles. The molecule has 3 aromatic rings. The molecule has 3 rings (SSSR count). The van der Waals surface area contributed by atoms with Crippen molar-refractivity contribution < 1.29 is 4.74 Å². The van der Waals surface area contributed by atoms with Gasteiger partial charge in [-0.1, -0.05) is 30.3 Å². The molecule has 0 spiro atoms. The third kappa shape index (κ3) is 6.44. The minimum atomic E-state index is 0.0429. The predicted molar refractivity (Wildman–Crippen MR) is 119 cm³/mol. The topological polar surface area (TPSA) is 61.9 Å². The number of aromatic nitrogens is 4. The molecule has 7 heteroatoms. The molecule has 0 fully saturated rings. The highest BCUT2D eigenvalue weighted by atomic mass is 32.2. The molecule has 0 aliphatic heterocycles. The Morgan fingerprint density at radius 2 is 1.93 bits per heavy atom. The number of thioether (sulfide) groups is 1. The fourth-order valence-corrected chi connectivity index (χ4v) is 4.17. The fraction of sp³-hybridized carbons (Fsp3) is 0.500. The number of hydrogen-bond donors (Lipinski definition) is 0. The number of unbranched alkanes of at least 4 members (excludes halogenated alkanes) is 2. The Kier molecular flexibility index (Phi) is 8.31. The van der Waals surface area contributed by atoms with Crippen LogP contribution in [0, 0.1) is 0 Å². The second-order valence-corrected chi connectivity index (χ2v) is 8.38. The van der Waals surface area contributed by atoms with E-state index in [0.29, 0.717) is 18.5 Å². The van der Waals surface area contributed by atoms with Gasteiger partial charge in [0.25, 0.3) is 5.56 Å². The first-order valence-corrected chi connectivity index (χ1v) is 11.3. The second-order valence-electron chi connectivity index (χ2n) is 7.32. The molecule has 0 saturated heterocycles. The summed E-state index contributed by atoms with van der Waals surface area (Å²) in [5.74, 6) is 0.951. The van der Waals surface area contributed by atoms with Crippen molar-refractivity contribution in [3.8, 4) is 0 Å². The van der Waals surface area contributed by atoms with E-state index in [4.69, 9.17) is 9.72 Å². The van der Waals surface area contributed by atoms with Gasteiger partial charge in [0.15, 0.2) is 5.16 Å². The van der Waals surface area contributed by atoms with Crippen molar-refractivity contribution in [3.05, 3.63) is 53.1 Å². The Labute approximate surface area is 176 Å². The molecule has 29 heavy (non-hydrogen) atoms. The highest BCUT2D eigenvalue weighted by Gasteiger charge is 2.11. The van der Waals surface area contributed by atoms with E-state index < -0.39 is 0 Å². The Morgan fingerprint density at radius 1 is 1.07 bits per heavy atom. The monoisotopic (exact) mass is 414 g/mol. The molecule has 0 unspecified atom stereocenters. The van der Waals surface area contributed by atoms with Crippen LogP contribution in [0.3, 0.4) is 0 Å². The Bertz CT molecular complexity index is 938. The van der Waals surface area contributed by atoms with Crippen LogP contribution in [0.15, 0.2) is 52.7 Å². The average molecular weight is 415 g/mol. The predicted octanol–water partition coefficient (Wildman–Crippen LogP) is 4.37. The third-order valence-electron chi connectivity index (χ3n) is 4.63. The summed E-state index contributed by atoms with van der Waals surface area (Å²) in [7, 11) is 0. The first-order chi connectivity index (χ1) is 14.1. The zero-order chi connectivity index (χ0) is 20.5. The molecule has 0 bridgehead atoms. The molecule has 0 aliphatic rings. The smallest absolute Gasteiger partial charge is 0.262 e. The lowest BCUT2D eigenvalue weighted by molar-refractivity contribution is 0.0743. The zero-order valence-electron chi connectivity index (χ0n) is 17.3. The summed E-state index contributed by atoms with van der Waals surface area (Å²) in [6, 6.07) is 9.54. The van der Waals surface area contributed by atoms with Crippen molar-refractivity contribution in [1.29, 1.82) is 0 Å². The fourth-order valence-electron chi connectivity index (χ4n) is 3.15. The lowest BCUT2D eigenvalue weighted by Crippen LogP contribution is -2.24. The van der Waals surface area contributed by atoms with Crippen LogP contribution >= 0.6 is 11.8 Å². The van der Waals surface area contributed by atoms with Gasteiger partial charge in [-0.25, -0.2) is 4.98 Å². The summed E-state index contributed by atoms with van der Waals surface area (Å²) < 4.78 is 9.42. The van der Waals surface area contributed by atoms with Crippen molar-refractivity contribution in [3.63, 3.8) is 0 Å². The molecule has 0 radical (unpaired) electrons. The molecule has 2 aromatic heterocycles. The molecule has 6 nitrogen and oxygen atoms in total. The van der Waals surface area contributed by atoms with Crippen LogP contribution in [0.4, 0.5) is 0 Å². The van der Waals surface area contributed by atoms with Gasteiger partial charge in [0.1, 0.15) is 0 Å². The molecule has 0 N–H and O–H groups in total. The summed E-state index contributed by atoms with van der Waals surface area (Å²) in [4.78, 5) is 17.8. The van der Waals surface area contributed by atoms with E-state index in [1.165, 1.54) is 0 Å². The average Bonchev–Trinajstić information content (AvgIpc) is 3.23. The molecule has 2 heterocycles. The Balaban J connectivity index is 1.59. The van der Waals surface area contributed by atoms with Gasteiger partial charge in [0, 0.05) is 37.8 Å².